The van der Waals surface area contributed by atoms with Gasteiger partial charge in [0.2, 0.25) is 0 Å². The maximum atomic E-state index is 11.8. The number of hydrogen-bond acceptors (Lipinski definition) is 4. The first kappa shape index (κ1) is 22.3. The zero-order valence-electron chi connectivity index (χ0n) is 18.4. The van der Waals surface area contributed by atoms with Gasteiger partial charge in [0.05, 0.1) is 22.0 Å². The molecule has 0 aliphatic carbocycles. The molecule has 160 valence electrons. The van der Waals surface area contributed by atoms with Gasteiger partial charge in [0.25, 0.3) is 0 Å². The highest BCUT2D eigenvalue weighted by molar-refractivity contribution is 6.34. The highest BCUT2D eigenvalue weighted by atomic mass is 35.5. The fourth-order valence-electron chi connectivity index (χ4n) is 4.32. The maximum absolute atomic E-state index is 11.8. The Bertz CT molecular complexity index is 948. The Morgan fingerprint density at radius 2 is 2.00 bits per heavy atom. The van der Waals surface area contributed by atoms with Crippen LogP contribution in [-0.2, 0) is 5.41 Å². The third-order valence-electron chi connectivity index (χ3n) is 5.71. The topological polar surface area (TPSA) is 56.7 Å². The summed E-state index contributed by atoms with van der Waals surface area (Å²) in [6, 6.07) is 12.4. The van der Waals surface area contributed by atoms with Crippen molar-refractivity contribution in [3.63, 3.8) is 0 Å². The second kappa shape index (κ2) is 9.19. The summed E-state index contributed by atoms with van der Waals surface area (Å²) >= 11 is 6.32. The van der Waals surface area contributed by atoms with Crippen LogP contribution in [0.1, 0.15) is 50.0 Å². The number of aldehydes is 1. The summed E-state index contributed by atoms with van der Waals surface area (Å²) < 4.78 is 0. The van der Waals surface area contributed by atoms with Gasteiger partial charge in [0.1, 0.15) is 5.84 Å². The maximum Gasteiger partial charge on any atom is 0.153 e. The highest BCUT2D eigenvalue weighted by Crippen LogP contribution is 2.48. The zero-order valence-corrected chi connectivity index (χ0v) is 19.2. The molecule has 2 aliphatic rings. The molecule has 30 heavy (non-hydrogen) atoms. The molecule has 6 heteroatoms. The third kappa shape index (κ3) is 3.84. The number of halogens is 1. The monoisotopic (exact) mass is 426 g/mol. The number of anilines is 3. The van der Waals surface area contributed by atoms with Crippen molar-refractivity contribution in [2.45, 2.75) is 45.6 Å². The lowest BCUT2D eigenvalue weighted by atomic mass is 9.85. The van der Waals surface area contributed by atoms with Crippen LogP contribution in [0.15, 0.2) is 41.4 Å². The molecule has 2 heterocycles. The number of nitrogens with one attached hydrogen (secondary N) is 2. The summed E-state index contributed by atoms with van der Waals surface area (Å²) in [5, 5.41) is 7.45. The molecule has 2 N–H and O–H groups in total. The van der Waals surface area contributed by atoms with Crippen LogP contribution in [0.25, 0.3) is 0 Å². The molecule has 2 aromatic carbocycles. The molecule has 2 aromatic rings. The number of rotatable bonds is 4. The number of hydrogen-bond donors (Lipinski definition) is 2. The van der Waals surface area contributed by atoms with Crippen LogP contribution in [0.4, 0.5) is 17.1 Å². The molecule has 0 saturated carbocycles. The summed E-state index contributed by atoms with van der Waals surface area (Å²) in [6.07, 6.45) is 1.93. The van der Waals surface area contributed by atoms with E-state index in [1.807, 2.05) is 26.0 Å². The lowest BCUT2D eigenvalue weighted by Crippen LogP contribution is -2.34. The van der Waals surface area contributed by atoms with Crippen molar-refractivity contribution in [3.8, 4) is 0 Å². The van der Waals surface area contributed by atoms with Gasteiger partial charge in [-0.1, -0.05) is 37.6 Å². The van der Waals surface area contributed by atoms with E-state index in [-0.39, 0.29) is 5.41 Å². The molecule has 0 radical (unpaired) electrons. The van der Waals surface area contributed by atoms with Gasteiger partial charge in [0, 0.05) is 30.7 Å². The molecule has 0 bridgehead atoms. The smallest absolute Gasteiger partial charge is 0.153 e. The van der Waals surface area contributed by atoms with Crippen molar-refractivity contribution >= 4 is 40.8 Å². The summed E-state index contributed by atoms with van der Waals surface area (Å²) in [6.45, 7) is 10.3. The normalized spacial score (nSPS) is 20.5. The first-order chi connectivity index (χ1) is 14.5. The van der Waals surface area contributed by atoms with E-state index in [2.05, 4.69) is 52.6 Å². The second-order valence-corrected chi connectivity index (χ2v) is 8.27. The van der Waals surface area contributed by atoms with E-state index in [4.69, 9.17) is 11.6 Å². The lowest BCUT2D eigenvalue weighted by molar-refractivity contribution is 0.112. The number of nitrogens with zero attached hydrogens (tertiary/aromatic N) is 2. The Balaban J connectivity index is 0.00000124. The minimum Gasteiger partial charge on any atom is -0.381 e. The molecule has 5 nitrogen and oxygen atoms in total. The Labute approximate surface area is 184 Å². The lowest BCUT2D eigenvalue weighted by Gasteiger charge is -2.26. The van der Waals surface area contributed by atoms with Crippen molar-refractivity contribution in [1.29, 1.82) is 0 Å². The number of carbonyl (C=O) groups excluding carboxylic acids is 1. The van der Waals surface area contributed by atoms with Crippen molar-refractivity contribution in [3.05, 3.63) is 52.5 Å². The predicted octanol–water partition coefficient (Wildman–Crippen LogP) is 5.41. The first-order valence-electron chi connectivity index (χ1n) is 10.6. The fraction of sp³-hybridized carbons (Fsp3) is 0.417. The zero-order chi connectivity index (χ0) is 21.9. The molecular weight excluding hydrogens is 396 g/mol. The van der Waals surface area contributed by atoms with E-state index in [1.54, 1.807) is 13.1 Å². The quantitative estimate of drug-likeness (QED) is 0.642. The molecule has 1 unspecified atom stereocenters. The number of carbonyl (C=O) groups is 1. The van der Waals surface area contributed by atoms with Crippen molar-refractivity contribution < 1.29 is 4.79 Å². The molecule has 0 amide bonds. The SMILES string of the molecule is CC.CN=C1N(c2cccc(Cl)c2C=O)c2cc(NC3CCNC3)ccc2C1(C)C. The van der Waals surface area contributed by atoms with Gasteiger partial charge in [-0.15, -0.1) is 0 Å². The fourth-order valence-corrected chi connectivity index (χ4v) is 4.54. The standard InChI is InChI=1S/C22H25ClN4O.C2H6/c1-22(2)17-8-7-14(26-15-9-10-25-12-15)11-20(17)27(21(22)24-3)19-6-4-5-18(23)16(19)13-28;1-2/h4-8,11,13,15,25-26H,9-10,12H2,1-3H3;1-2H3. The van der Waals surface area contributed by atoms with Crippen LogP contribution in [0.5, 0.6) is 0 Å². The van der Waals surface area contributed by atoms with Crippen LogP contribution in [0.2, 0.25) is 5.02 Å². The Morgan fingerprint density at radius 3 is 2.63 bits per heavy atom. The van der Waals surface area contributed by atoms with Gasteiger partial charge in [-0.25, -0.2) is 0 Å². The van der Waals surface area contributed by atoms with Gasteiger partial charge in [-0.3, -0.25) is 14.7 Å². The molecule has 1 fully saturated rings. The predicted molar refractivity (Wildman–Crippen MR) is 128 cm³/mol. The Morgan fingerprint density at radius 1 is 1.23 bits per heavy atom. The molecule has 1 atom stereocenters. The summed E-state index contributed by atoms with van der Waals surface area (Å²) in [7, 11) is 1.80. The average molecular weight is 427 g/mol. The minimum absolute atomic E-state index is 0.278. The molecule has 1 saturated heterocycles. The van der Waals surface area contributed by atoms with Gasteiger partial charge >= 0.3 is 0 Å². The number of benzene rings is 2. The van der Waals surface area contributed by atoms with Crippen LogP contribution in [0, 0.1) is 0 Å². The van der Waals surface area contributed by atoms with Gasteiger partial charge in [-0.05, 0) is 56.6 Å². The van der Waals surface area contributed by atoms with Gasteiger partial charge < -0.3 is 10.6 Å². The molecular formula is C24H31ClN4O. The van der Waals surface area contributed by atoms with E-state index in [0.717, 1.165) is 48.7 Å². The second-order valence-electron chi connectivity index (χ2n) is 7.86. The van der Waals surface area contributed by atoms with E-state index >= 15 is 0 Å². The van der Waals surface area contributed by atoms with Gasteiger partial charge in [0.15, 0.2) is 6.29 Å². The minimum atomic E-state index is -0.278. The number of aliphatic imine (C=N–C) groups is 1. The van der Waals surface area contributed by atoms with Crippen LogP contribution >= 0.6 is 11.6 Å². The van der Waals surface area contributed by atoms with Crippen molar-refractivity contribution in [2.24, 2.45) is 4.99 Å². The summed E-state index contributed by atoms with van der Waals surface area (Å²) in [5.74, 6) is 0.896. The van der Waals surface area contributed by atoms with E-state index in [9.17, 15) is 4.79 Å². The van der Waals surface area contributed by atoms with Crippen LogP contribution in [-0.4, -0.2) is 38.3 Å². The third-order valence-corrected chi connectivity index (χ3v) is 6.04. The summed E-state index contributed by atoms with van der Waals surface area (Å²) in [4.78, 5) is 18.5. The Hall–Kier alpha value is -2.37. The molecule has 2 aliphatic heterocycles. The van der Waals surface area contributed by atoms with Crippen molar-refractivity contribution in [1.82, 2.24) is 5.32 Å². The van der Waals surface area contributed by atoms with Gasteiger partial charge in [-0.2, -0.15) is 0 Å². The van der Waals surface area contributed by atoms with Crippen LogP contribution < -0.4 is 15.5 Å². The highest BCUT2D eigenvalue weighted by Gasteiger charge is 2.43. The van der Waals surface area contributed by atoms with E-state index < -0.39 is 0 Å². The number of fused-ring (bicyclic) bond motifs is 1. The average Bonchev–Trinajstić information content (AvgIpc) is 3.33. The van der Waals surface area contributed by atoms with Crippen LogP contribution in [0.3, 0.4) is 0 Å². The van der Waals surface area contributed by atoms with E-state index in [1.165, 1.54) is 5.56 Å². The molecule has 0 aromatic heterocycles. The largest absolute Gasteiger partial charge is 0.381 e. The van der Waals surface area contributed by atoms with Crippen molar-refractivity contribution in [2.75, 3.05) is 30.4 Å². The first-order valence-corrected chi connectivity index (χ1v) is 11.0. The number of amidine groups is 1. The molecule has 0 spiro atoms. The summed E-state index contributed by atoms with van der Waals surface area (Å²) in [5.41, 5.74) is 4.24. The Kier molecular flexibility index (Phi) is 6.84. The van der Waals surface area contributed by atoms with E-state index in [0.29, 0.717) is 16.6 Å². The molecule has 4 rings (SSSR count).